The van der Waals surface area contributed by atoms with Gasteiger partial charge in [0.25, 0.3) is 11.5 Å². The highest BCUT2D eigenvalue weighted by Gasteiger charge is 2.28. The van der Waals surface area contributed by atoms with Crippen LogP contribution in [0.3, 0.4) is 0 Å². The number of fused-ring (bicyclic) bond motifs is 1. The summed E-state index contributed by atoms with van der Waals surface area (Å²) in [6.07, 6.45) is -3.43. The molecule has 3 rings (SSSR count). The van der Waals surface area contributed by atoms with Crippen molar-refractivity contribution >= 4 is 27.5 Å². The highest BCUT2D eigenvalue weighted by molar-refractivity contribution is 7.16. The van der Waals surface area contributed by atoms with E-state index in [0.29, 0.717) is 10.2 Å². The zero-order valence-corrected chi connectivity index (χ0v) is 14.0. The summed E-state index contributed by atoms with van der Waals surface area (Å²) >= 11 is 1.31. The molecule has 0 unspecified atom stereocenters. The third kappa shape index (κ3) is 3.82. The van der Waals surface area contributed by atoms with E-state index in [2.05, 4.69) is 20.1 Å². The Kier molecular flexibility index (Phi) is 4.64. The van der Waals surface area contributed by atoms with Crippen LogP contribution in [0.1, 0.15) is 16.2 Å². The van der Waals surface area contributed by atoms with Gasteiger partial charge in [-0.3, -0.25) is 15.0 Å². The maximum absolute atomic E-state index is 12.4. The van der Waals surface area contributed by atoms with Crippen LogP contribution in [0.15, 0.2) is 34.6 Å². The van der Waals surface area contributed by atoms with Crippen LogP contribution < -0.4 is 15.7 Å². The number of halogens is 3. The minimum Gasteiger partial charge on any atom is -0.468 e. The zero-order valence-electron chi connectivity index (χ0n) is 13.2. The number of aromatic nitrogens is 3. The van der Waals surface area contributed by atoms with Crippen molar-refractivity contribution in [2.75, 3.05) is 12.0 Å². The fourth-order valence-corrected chi connectivity index (χ4v) is 2.87. The molecular weight excluding hydrogens is 373 g/mol. The highest BCUT2D eigenvalue weighted by atomic mass is 32.1. The van der Waals surface area contributed by atoms with E-state index in [0.717, 1.165) is 16.9 Å². The standard InChI is InChI=1S/C15H11F3N4O3S/c1-8-20-13-10(4-5-26-13)14(24)22(8)21-12(23)9-2-3-11(19-6-9)25-7-15(16,17)18/h2-6H,7H2,1H3,(H,21,23). The first-order valence-electron chi connectivity index (χ1n) is 7.18. The summed E-state index contributed by atoms with van der Waals surface area (Å²) in [6, 6.07) is 3.98. The van der Waals surface area contributed by atoms with Crippen LogP contribution in [0.5, 0.6) is 5.88 Å². The Morgan fingerprint density at radius 2 is 2.12 bits per heavy atom. The molecule has 11 heteroatoms. The van der Waals surface area contributed by atoms with Gasteiger partial charge in [-0.15, -0.1) is 11.3 Å². The van der Waals surface area contributed by atoms with Crippen LogP contribution in [0, 0.1) is 6.92 Å². The molecule has 0 bridgehead atoms. The number of amides is 1. The third-order valence-corrected chi connectivity index (χ3v) is 4.07. The van der Waals surface area contributed by atoms with Crippen LogP contribution >= 0.6 is 11.3 Å². The summed E-state index contributed by atoms with van der Waals surface area (Å²) in [5.74, 6) is -0.647. The molecule has 0 aliphatic heterocycles. The van der Waals surface area contributed by atoms with Gasteiger partial charge >= 0.3 is 6.18 Å². The first kappa shape index (κ1) is 17.9. The summed E-state index contributed by atoms with van der Waals surface area (Å²) in [6.45, 7) is 0.0830. The predicted octanol–water partition coefficient (Wildman–Crippen LogP) is 2.49. The van der Waals surface area contributed by atoms with Crippen LogP contribution in [0.4, 0.5) is 13.2 Å². The molecule has 0 saturated heterocycles. The van der Waals surface area contributed by atoms with Gasteiger partial charge in [0.05, 0.1) is 10.9 Å². The number of hydrogen-bond donors (Lipinski definition) is 1. The molecule has 7 nitrogen and oxygen atoms in total. The maximum Gasteiger partial charge on any atom is 0.422 e. The molecule has 136 valence electrons. The number of aryl methyl sites for hydroxylation is 1. The summed E-state index contributed by atoms with van der Waals surface area (Å²) in [5.41, 5.74) is 2.01. The van der Waals surface area contributed by atoms with Crippen molar-refractivity contribution < 1.29 is 22.7 Å². The number of nitrogens with one attached hydrogen (secondary N) is 1. The molecule has 0 fully saturated rings. The molecular formula is C15H11F3N4O3S. The Labute approximate surface area is 148 Å². The number of hydrogen-bond acceptors (Lipinski definition) is 6. The van der Waals surface area contributed by atoms with Crippen molar-refractivity contribution in [1.29, 1.82) is 0 Å². The lowest BCUT2D eigenvalue weighted by molar-refractivity contribution is -0.154. The van der Waals surface area contributed by atoms with Crippen LogP contribution in [0.2, 0.25) is 0 Å². The van der Waals surface area contributed by atoms with Crippen LogP contribution in [-0.4, -0.2) is 33.3 Å². The van der Waals surface area contributed by atoms with Crippen molar-refractivity contribution in [3.8, 4) is 5.88 Å². The first-order valence-corrected chi connectivity index (χ1v) is 8.06. The van der Waals surface area contributed by atoms with E-state index in [9.17, 15) is 22.8 Å². The second-order valence-corrected chi connectivity index (χ2v) is 6.06. The molecule has 0 aromatic carbocycles. The number of alkyl halides is 3. The van der Waals surface area contributed by atoms with Gasteiger partial charge in [0, 0.05) is 12.3 Å². The number of pyridine rings is 1. The molecule has 3 heterocycles. The molecule has 0 atom stereocenters. The Balaban J connectivity index is 1.77. The molecule has 0 radical (unpaired) electrons. The van der Waals surface area contributed by atoms with E-state index in [-0.39, 0.29) is 17.3 Å². The van der Waals surface area contributed by atoms with Gasteiger partial charge in [0.2, 0.25) is 5.88 Å². The lowest BCUT2D eigenvalue weighted by Crippen LogP contribution is -2.35. The highest BCUT2D eigenvalue weighted by Crippen LogP contribution is 2.17. The summed E-state index contributed by atoms with van der Waals surface area (Å²) in [7, 11) is 0. The Morgan fingerprint density at radius 3 is 2.77 bits per heavy atom. The largest absolute Gasteiger partial charge is 0.468 e. The van der Waals surface area contributed by atoms with Crippen LogP contribution in [-0.2, 0) is 0 Å². The molecule has 26 heavy (non-hydrogen) atoms. The third-order valence-electron chi connectivity index (χ3n) is 3.26. The quantitative estimate of drug-likeness (QED) is 0.747. The van der Waals surface area contributed by atoms with Gasteiger partial charge in [-0.25, -0.2) is 14.6 Å². The van der Waals surface area contributed by atoms with Crippen LogP contribution in [0.25, 0.3) is 10.2 Å². The fraction of sp³-hybridized carbons (Fsp3) is 0.200. The summed E-state index contributed by atoms with van der Waals surface area (Å²) < 4.78 is 41.8. The van der Waals surface area contributed by atoms with E-state index < -0.39 is 24.2 Å². The smallest absolute Gasteiger partial charge is 0.422 e. The number of carbonyl (C=O) groups excluding carboxylic acids is 1. The Bertz CT molecular complexity index is 1010. The van der Waals surface area contributed by atoms with Crippen molar-refractivity contribution in [2.24, 2.45) is 0 Å². The number of rotatable bonds is 4. The predicted molar refractivity (Wildman–Crippen MR) is 88.1 cm³/mol. The van der Waals surface area contributed by atoms with E-state index in [1.54, 1.807) is 18.4 Å². The lowest BCUT2D eigenvalue weighted by Gasteiger charge is -2.11. The SMILES string of the molecule is Cc1nc2sccc2c(=O)n1NC(=O)c1ccc(OCC(F)(F)F)nc1. The fourth-order valence-electron chi connectivity index (χ4n) is 2.07. The minimum absolute atomic E-state index is 0.0427. The van der Waals surface area contributed by atoms with E-state index in [1.165, 1.54) is 17.4 Å². The Hall–Kier alpha value is -2.95. The maximum atomic E-state index is 12.4. The molecule has 1 amide bonds. The van der Waals surface area contributed by atoms with Crippen molar-refractivity contribution in [3.63, 3.8) is 0 Å². The second kappa shape index (κ2) is 6.75. The first-order chi connectivity index (χ1) is 12.2. The second-order valence-electron chi connectivity index (χ2n) is 5.17. The molecule has 3 aromatic heterocycles. The average Bonchev–Trinajstić information content (AvgIpc) is 3.05. The average molecular weight is 384 g/mol. The number of ether oxygens (including phenoxy) is 1. The van der Waals surface area contributed by atoms with Crippen molar-refractivity contribution in [2.45, 2.75) is 13.1 Å². The lowest BCUT2D eigenvalue weighted by atomic mass is 10.3. The number of nitrogens with zero attached hydrogens (tertiary/aromatic N) is 3. The summed E-state index contributed by atoms with van der Waals surface area (Å²) in [5, 5.41) is 2.09. The van der Waals surface area contributed by atoms with Gasteiger partial charge in [0.1, 0.15) is 10.7 Å². The van der Waals surface area contributed by atoms with E-state index >= 15 is 0 Å². The summed E-state index contributed by atoms with van der Waals surface area (Å²) in [4.78, 5) is 33.1. The molecule has 1 N–H and O–H groups in total. The van der Waals surface area contributed by atoms with Crippen molar-refractivity contribution in [1.82, 2.24) is 14.6 Å². The van der Waals surface area contributed by atoms with Gasteiger partial charge in [0.15, 0.2) is 6.61 Å². The molecule has 0 aliphatic rings. The normalized spacial score (nSPS) is 11.5. The monoisotopic (exact) mass is 384 g/mol. The van der Waals surface area contributed by atoms with Crippen molar-refractivity contribution in [3.05, 3.63) is 51.5 Å². The molecule has 0 spiro atoms. The van der Waals surface area contributed by atoms with E-state index in [1.807, 2.05) is 0 Å². The topological polar surface area (TPSA) is 86.1 Å². The zero-order chi connectivity index (χ0) is 18.9. The number of thiophene rings is 1. The van der Waals surface area contributed by atoms with Gasteiger partial charge < -0.3 is 4.74 Å². The number of carbonyl (C=O) groups is 1. The van der Waals surface area contributed by atoms with Gasteiger partial charge in [-0.05, 0) is 24.4 Å². The van der Waals surface area contributed by atoms with E-state index in [4.69, 9.17) is 0 Å². The minimum atomic E-state index is -4.48. The molecule has 0 aliphatic carbocycles. The molecule has 0 saturated carbocycles. The molecule has 3 aromatic rings. The Morgan fingerprint density at radius 1 is 1.35 bits per heavy atom. The van der Waals surface area contributed by atoms with Gasteiger partial charge in [-0.2, -0.15) is 13.2 Å². The van der Waals surface area contributed by atoms with Gasteiger partial charge in [-0.1, -0.05) is 0 Å².